The summed E-state index contributed by atoms with van der Waals surface area (Å²) in [5, 5.41) is 3.20. The van der Waals surface area contributed by atoms with E-state index in [-0.39, 0.29) is 12.5 Å². The highest BCUT2D eigenvalue weighted by molar-refractivity contribution is 6.32. The summed E-state index contributed by atoms with van der Waals surface area (Å²) in [6.45, 7) is -0.0291. The summed E-state index contributed by atoms with van der Waals surface area (Å²) in [5.41, 5.74) is 1.58. The number of halogens is 1. The van der Waals surface area contributed by atoms with Gasteiger partial charge in [0.15, 0.2) is 6.61 Å². The molecule has 0 atom stereocenters. The van der Waals surface area contributed by atoms with Crippen molar-refractivity contribution in [3.8, 4) is 5.75 Å². The third-order valence-electron chi connectivity index (χ3n) is 3.27. The molecule has 5 nitrogen and oxygen atoms in total. The summed E-state index contributed by atoms with van der Waals surface area (Å²) in [6.07, 6.45) is 2.77. The van der Waals surface area contributed by atoms with Gasteiger partial charge in [-0.3, -0.25) is 4.79 Å². The highest BCUT2D eigenvalue weighted by Gasteiger charge is 2.05. The van der Waals surface area contributed by atoms with Crippen molar-refractivity contribution in [2.24, 2.45) is 0 Å². The molecule has 1 N–H and O–H groups in total. The third-order valence-corrected chi connectivity index (χ3v) is 3.62. The summed E-state index contributed by atoms with van der Waals surface area (Å²) in [7, 11) is 1.58. The van der Waals surface area contributed by atoms with Crippen LogP contribution in [0.4, 0.5) is 0 Å². The van der Waals surface area contributed by atoms with Gasteiger partial charge in [-0.15, -0.1) is 0 Å². The van der Waals surface area contributed by atoms with Crippen LogP contribution >= 0.6 is 11.6 Å². The molecule has 130 valence electrons. The second-order valence-electron chi connectivity index (χ2n) is 5.09. The lowest BCUT2D eigenvalue weighted by Crippen LogP contribution is -2.28. The molecule has 0 unspecified atom stereocenters. The van der Waals surface area contributed by atoms with E-state index in [0.717, 1.165) is 5.56 Å². The number of hydrogen-bond donors (Lipinski definition) is 1. The summed E-state index contributed by atoms with van der Waals surface area (Å²) < 4.78 is 10.0. The Morgan fingerprint density at radius 2 is 1.96 bits per heavy atom. The summed E-state index contributed by atoms with van der Waals surface area (Å²) in [6, 6.07) is 14.4. The van der Waals surface area contributed by atoms with Crippen molar-refractivity contribution >= 4 is 29.6 Å². The van der Waals surface area contributed by atoms with Gasteiger partial charge >= 0.3 is 5.97 Å². The number of hydrogen-bond acceptors (Lipinski definition) is 4. The van der Waals surface area contributed by atoms with Crippen LogP contribution < -0.4 is 10.1 Å². The van der Waals surface area contributed by atoms with Crippen LogP contribution in [-0.2, 0) is 20.9 Å². The van der Waals surface area contributed by atoms with E-state index < -0.39 is 5.97 Å². The van der Waals surface area contributed by atoms with E-state index in [0.29, 0.717) is 22.9 Å². The number of ether oxygens (including phenoxy) is 2. The van der Waals surface area contributed by atoms with Crippen LogP contribution in [0.15, 0.2) is 54.6 Å². The number of methoxy groups -OCH3 is 1. The van der Waals surface area contributed by atoms with Gasteiger partial charge in [0, 0.05) is 17.6 Å². The van der Waals surface area contributed by atoms with Gasteiger partial charge in [-0.1, -0.05) is 41.9 Å². The molecule has 0 heterocycles. The van der Waals surface area contributed by atoms with Gasteiger partial charge in [-0.25, -0.2) is 4.79 Å². The van der Waals surface area contributed by atoms with Crippen molar-refractivity contribution in [2.45, 2.75) is 6.54 Å². The van der Waals surface area contributed by atoms with Crippen molar-refractivity contribution in [3.63, 3.8) is 0 Å². The molecule has 0 bridgehead atoms. The predicted molar refractivity (Wildman–Crippen MR) is 96.3 cm³/mol. The molecular formula is C19H18ClNO4. The lowest BCUT2D eigenvalue weighted by atomic mass is 10.2. The first-order valence-electron chi connectivity index (χ1n) is 7.57. The minimum atomic E-state index is -0.614. The van der Waals surface area contributed by atoms with E-state index in [1.54, 1.807) is 31.4 Å². The van der Waals surface area contributed by atoms with E-state index in [1.807, 2.05) is 30.3 Å². The molecule has 2 aromatic carbocycles. The zero-order chi connectivity index (χ0) is 18.1. The maximum absolute atomic E-state index is 11.7. The number of amides is 1. The number of nitrogens with one attached hydrogen (secondary N) is 1. The van der Waals surface area contributed by atoms with Crippen molar-refractivity contribution < 1.29 is 19.1 Å². The highest BCUT2D eigenvalue weighted by atomic mass is 35.5. The number of esters is 1. The fourth-order valence-corrected chi connectivity index (χ4v) is 2.19. The summed E-state index contributed by atoms with van der Waals surface area (Å²) in [4.78, 5) is 23.4. The van der Waals surface area contributed by atoms with Crippen molar-refractivity contribution in [2.75, 3.05) is 13.7 Å². The van der Waals surface area contributed by atoms with Crippen LogP contribution in [0, 0.1) is 0 Å². The SMILES string of the molecule is COc1cccc(CNC(=O)COC(=O)/C=C/c2ccccc2Cl)c1. The van der Waals surface area contributed by atoms with E-state index in [2.05, 4.69) is 5.32 Å². The Morgan fingerprint density at radius 3 is 2.72 bits per heavy atom. The second kappa shape index (κ2) is 9.49. The molecule has 0 saturated heterocycles. The normalized spacial score (nSPS) is 10.5. The lowest BCUT2D eigenvalue weighted by molar-refractivity contribution is -0.143. The van der Waals surface area contributed by atoms with Crippen molar-refractivity contribution in [1.82, 2.24) is 5.32 Å². The second-order valence-corrected chi connectivity index (χ2v) is 5.50. The molecule has 0 aliphatic carbocycles. The Morgan fingerprint density at radius 1 is 1.16 bits per heavy atom. The number of carbonyl (C=O) groups excluding carboxylic acids is 2. The molecule has 1 amide bonds. The first-order chi connectivity index (χ1) is 12.1. The maximum Gasteiger partial charge on any atom is 0.331 e. The first-order valence-corrected chi connectivity index (χ1v) is 7.95. The fourth-order valence-electron chi connectivity index (χ4n) is 1.99. The van der Waals surface area contributed by atoms with Crippen LogP contribution in [0.5, 0.6) is 5.75 Å². The highest BCUT2D eigenvalue weighted by Crippen LogP contribution is 2.16. The Kier molecular flexibility index (Phi) is 7.04. The third kappa shape index (κ3) is 6.31. The molecule has 6 heteroatoms. The minimum absolute atomic E-state index is 0.322. The number of carbonyl (C=O) groups is 2. The molecular weight excluding hydrogens is 342 g/mol. The minimum Gasteiger partial charge on any atom is -0.497 e. The van der Waals surface area contributed by atoms with Gasteiger partial charge in [0.1, 0.15) is 5.75 Å². The summed E-state index contributed by atoms with van der Waals surface area (Å²) in [5.74, 6) is -0.290. The molecule has 25 heavy (non-hydrogen) atoms. The Bertz CT molecular complexity index is 774. The topological polar surface area (TPSA) is 64.6 Å². The smallest absolute Gasteiger partial charge is 0.331 e. The van der Waals surface area contributed by atoms with Gasteiger partial charge < -0.3 is 14.8 Å². The molecule has 0 fully saturated rings. The van der Waals surface area contributed by atoms with Crippen LogP contribution in [0.2, 0.25) is 5.02 Å². The van der Waals surface area contributed by atoms with Gasteiger partial charge in [-0.2, -0.15) is 0 Å². The van der Waals surface area contributed by atoms with Crippen molar-refractivity contribution in [1.29, 1.82) is 0 Å². The Labute approximate surface area is 151 Å². The summed E-state index contributed by atoms with van der Waals surface area (Å²) >= 11 is 5.98. The standard InChI is InChI=1S/C19H18ClNO4/c1-24-16-7-4-5-14(11-16)12-21-18(22)13-25-19(23)10-9-15-6-2-3-8-17(15)20/h2-11H,12-13H2,1H3,(H,21,22)/b10-9+. The molecule has 0 radical (unpaired) electrons. The Balaban J connectivity index is 1.75. The van der Waals surface area contributed by atoms with Crippen LogP contribution in [0.1, 0.15) is 11.1 Å². The lowest BCUT2D eigenvalue weighted by Gasteiger charge is -2.07. The zero-order valence-corrected chi connectivity index (χ0v) is 14.5. The zero-order valence-electron chi connectivity index (χ0n) is 13.7. The maximum atomic E-state index is 11.7. The van der Waals surface area contributed by atoms with Crippen LogP contribution in [-0.4, -0.2) is 25.6 Å². The van der Waals surface area contributed by atoms with E-state index in [1.165, 1.54) is 6.08 Å². The Hall–Kier alpha value is -2.79. The molecule has 2 aromatic rings. The predicted octanol–water partition coefficient (Wildman–Crippen LogP) is 3.22. The van der Waals surface area contributed by atoms with E-state index >= 15 is 0 Å². The van der Waals surface area contributed by atoms with Crippen LogP contribution in [0.25, 0.3) is 6.08 Å². The van der Waals surface area contributed by atoms with E-state index in [9.17, 15) is 9.59 Å². The van der Waals surface area contributed by atoms with Crippen LogP contribution in [0.3, 0.4) is 0 Å². The molecule has 0 aliphatic rings. The number of benzene rings is 2. The van der Waals surface area contributed by atoms with Gasteiger partial charge in [-0.05, 0) is 35.4 Å². The molecule has 2 rings (SSSR count). The van der Waals surface area contributed by atoms with Gasteiger partial charge in [0.2, 0.25) is 0 Å². The fraction of sp³-hybridized carbons (Fsp3) is 0.158. The molecule has 0 spiro atoms. The van der Waals surface area contributed by atoms with E-state index in [4.69, 9.17) is 21.1 Å². The average Bonchev–Trinajstić information content (AvgIpc) is 2.64. The van der Waals surface area contributed by atoms with Gasteiger partial charge in [0.05, 0.1) is 7.11 Å². The molecule has 0 aromatic heterocycles. The molecule has 0 aliphatic heterocycles. The molecule has 0 saturated carbocycles. The van der Waals surface area contributed by atoms with Crippen molar-refractivity contribution in [3.05, 3.63) is 70.8 Å². The quantitative estimate of drug-likeness (QED) is 0.609. The van der Waals surface area contributed by atoms with Gasteiger partial charge in [0.25, 0.3) is 5.91 Å². The number of rotatable bonds is 7. The largest absolute Gasteiger partial charge is 0.497 e. The first kappa shape index (κ1) is 18.5. The average molecular weight is 360 g/mol. The monoisotopic (exact) mass is 359 g/mol.